The molecule has 0 bridgehead atoms. The van der Waals surface area contributed by atoms with Crippen LogP contribution in [0.2, 0.25) is 5.02 Å². The van der Waals surface area contributed by atoms with Gasteiger partial charge in [0.1, 0.15) is 0 Å². The third-order valence-electron chi connectivity index (χ3n) is 2.30. The Balaban J connectivity index is 2.51. The number of aromatic nitrogens is 1. The van der Waals surface area contributed by atoms with Gasteiger partial charge in [0, 0.05) is 21.5 Å². The Morgan fingerprint density at radius 2 is 2.29 bits per heavy atom. The van der Waals surface area contributed by atoms with E-state index >= 15 is 0 Å². The van der Waals surface area contributed by atoms with Crippen LogP contribution in [0.4, 0.5) is 0 Å². The van der Waals surface area contributed by atoms with Crippen molar-refractivity contribution in [1.29, 1.82) is 0 Å². The number of carboxylic acids is 1. The average molecular weight is 268 g/mol. The van der Waals surface area contributed by atoms with E-state index in [1.165, 1.54) is 11.8 Å². The molecule has 1 aromatic carbocycles. The lowest BCUT2D eigenvalue weighted by Gasteiger charge is -2.08. The molecule has 0 atom stereocenters. The Hall–Kier alpha value is -1.26. The van der Waals surface area contributed by atoms with E-state index in [9.17, 15) is 4.79 Å². The predicted octanol–water partition coefficient (Wildman–Crippen LogP) is 3.37. The molecule has 0 fully saturated rings. The van der Waals surface area contributed by atoms with Crippen molar-refractivity contribution < 1.29 is 9.90 Å². The zero-order valence-corrected chi connectivity index (χ0v) is 10.7. The fourth-order valence-corrected chi connectivity index (χ4v) is 2.61. The van der Waals surface area contributed by atoms with Crippen molar-refractivity contribution in [2.45, 2.75) is 11.8 Å². The topological polar surface area (TPSA) is 50.2 Å². The van der Waals surface area contributed by atoms with Crippen LogP contribution in [0.3, 0.4) is 0 Å². The largest absolute Gasteiger partial charge is 0.481 e. The van der Waals surface area contributed by atoms with E-state index in [0.717, 1.165) is 21.4 Å². The highest BCUT2D eigenvalue weighted by atomic mass is 35.5. The van der Waals surface area contributed by atoms with Crippen molar-refractivity contribution in [2.75, 3.05) is 5.75 Å². The number of benzene rings is 1. The summed E-state index contributed by atoms with van der Waals surface area (Å²) in [4.78, 5) is 15.9. The first-order chi connectivity index (χ1) is 8.08. The van der Waals surface area contributed by atoms with Crippen molar-refractivity contribution in [3.05, 3.63) is 35.0 Å². The predicted molar refractivity (Wildman–Crippen MR) is 69.8 cm³/mol. The maximum absolute atomic E-state index is 10.6. The Morgan fingerprint density at radius 1 is 1.53 bits per heavy atom. The van der Waals surface area contributed by atoms with Gasteiger partial charge in [-0.3, -0.25) is 9.78 Å². The first-order valence-electron chi connectivity index (χ1n) is 4.97. The zero-order chi connectivity index (χ0) is 12.4. The molecule has 88 valence electrons. The van der Waals surface area contributed by atoms with Crippen LogP contribution >= 0.6 is 23.4 Å². The second-order valence-electron chi connectivity index (χ2n) is 3.61. The van der Waals surface area contributed by atoms with E-state index in [0.29, 0.717) is 5.02 Å². The van der Waals surface area contributed by atoms with Crippen molar-refractivity contribution >= 4 is 40.2 Å². The van der Waals surface area contributed by atoms with Crippen molar-refractivity contribution in [3.8, 4) is 0 Å². The van der Waals surface area contributed by atoms with Crippen LogP contribution in [0.5, 0.6) is 0 Å². The second kappa shape index (κ2) is 4.94. The number of carboxylic acid groups (broad SMARTS) is 1. The van der Waals surface area contributed by atoms with Crippen molar-refractivity contribution in [2.24, 2.45) is 0 Å². The summed E-state index contributed by atoms with van der Waals surface area (Å²) >= 11 is 7.21. The highest BCUT2D eigenvalue weighted by molar-refractivity contribution is 8.00. The van der Waals surface area contributed by atoms with Gasteiger partial charge in [0.15, 0.2) is 0 Å². The van der Waals surface area contributed by atoms with Gasteiger partial charge in [0.2, 0.25) is 0 Å². The minimum Gasteiger partial charge on any atom is -0.481 e. The lowest BCUT2D eigenvalue weighted by molar-refractivity contribution is -0.133. The lowest BCUT2D eigenvalue weighted by atomic mass is 10.2. The number of thioether (sulfide) groups is 1. The number of rotatable bonds is 3. The summed E-state index contributed by atoms with van der Waals surface area (Å²) in [6.07, 6.45) is 1.74. The number of carbonyl (C=O) groups is 1. The number of halogens is 1. The fourth-order valence-electron chi connectivity index (χ4n) is 1.57. The molecular formula is C12H10ClNO2S. The summed E-state index contributed by atoms with van der Waals surface area (Å²) in [6, 6.07) is 5.44. The molecule has 0 unspecified atom stereocenters. The van der Waals surface area contributed by atoms with E-state index in [1.54, 1.807) is 18.3 Å². The van der Waals surface area contributed by atoms with E-state index < -0.39 is 5.97 Å². The summed E-state index contributed by atoms with van der Waals surface area (Å²) in [6.45, 7) is 1.92. The van der Waals surface area contributed by atoms with Crippen LogP contribution in [0.1, 0.15) is 5.56 Å². The Labute approximate surface area is 108 Å². The normalized spacial score (nSPS) is 10.7. The average Bonchev–Trinajstić information content (AvgIpc) is 2.27. The molecule has 0 aliphatic heterocycles. The van der Waals surface area contributed by atoms with Gasteiger partial charge in [-0.25, -0.2) is 0 Å². The molecule has 0 spiro atoms. The zero-order valence-electron chi connectivity index (χ0n) is 9.11. The maximum Gasteiger partial charge on any atom is 0.313 e. The van der Waals surface area contributed by atoms with Gasteiger partial charge in [-0.2, -0.15) is 0 Å². The molecule has 0 aliphatic rings. The first kappa shape index (κ1) is 12.2. The van der Waals surface area contributed by atoms with E-state index in [2.05, 4.69) is 4.98 Å². The molecule has 2 aromatic rings. The van der Waals surface area contributed by atoms with Gasteiger partial charge in [-0.05, 0) is 24.6 Å². The molecule has 0 radical (unpaired) electrons. The molecule has 0 saturated carbocycles. The number of hydrogen-bond donors (Lipinski definition) is 1. The van der Waals surface area contributed by atoms with Gasteiger partial charge < -0.3 is 5.11 Å². The monoisotopic (exact) mass is 267 g/mol. The molecule has 1 N–H and O–H groups in total. The third kappa shape index (κ3) is 2.70. The van der Waals surface area contributed by atoms with E-state index in [1.807, 2.05) is 13.0 Å². The number of fused-ring (bicyclic) bond motifs is 1. The SMILES string of the molecule is Cc1cnc2cc(Cl)ccc2c1SCC(=O)O. The highest BCUT2D eigenvalue weighted by Crippen LogP contribution is 2.31. The standard InChI is InChI=1S/C12H10ClNO2S/c1-7-5-14-10-4-8(13)2-3-9(10)12(7)17-6-11(15)16/h2-5H,6H2,1H3,(H,15,16). The molecule has 3 nitrogen and oxygen atoms in total. The van der Waals surface area contributed by atoms with Crippen LogP contribution < -0.4 is 0 Å². The first-order valence-corrected chi connectivity index (χ1v) is 6.34. The smallest absolute Gasteiger partial charge is 0.313 e. The third-order valence-corrected chi connectivity index (χ3v) is 3.76. The van der Waals surface area contributed by atoms with Gasteiger partial charge in [0.25, 0.3) is 0 Å². The van der Waals surface area contributed by atoms with Crippen LogP contribution in [0, 0.1) is 6.92 Å². The Kier molecular flexibility index (Phi) is 3.54. The summed E-state index contributed by atoms with van der Waals surface area (Å²) < 4.78 is 0. The molecule has 2 rings (SSSR count). The summed E-state index contributed by atoms with van der Waals surface area (Å²) in [7, 11) is 0. The number of nitrogens with zero attached hydrogens (tertiary/aromatic N) is 1. The second-order valence-corrected chi connectivity index (χ2v) is 5.04. The Morgan fingerprint density at radius 3 is 3.00 bits per heavy atom. The van der Waals surface area contributed by atoms with E-state index in [4.69, 9.17) is 16.7 Å². The molecule has 1 heterocycles. The maximum atomic E-state index is 10.6. The summed E-state index contributed by atoms with van der Waals surface area (Å²) in [5.74, 6) is -0.781. The van der Waals surface area contributed by atoms with Crippen LogP contribution in [0.15, 0.2) is 29.3 Å². The van der Waals surface area contributed by atoms with Crippen molar-refractivity contribution in [1.82, 2.24) is 4.98 Å². The molecule has 1 aromatic heterocycles. The van der Waals surface area contributed by atoms with Gasteiger partial charge in [-0.15, -0.1) is 11.8 Å². The minimum atomic E-state index is -0.826. The molecule has 0 amide bonds. The lowest BCUT2D eigenvalue weighted by Crippen LogP contribution is -1.98. The van der Waals surface area contributed by atoms with Crippen LogP contribution in [-0.2, 0) is 4.79 Å². The molecule has 17 heavy (non-hydrogen) atoms. The molecular weight excluding hydrogens is 258 g/mol. The van der Waals surface area contributed by atoms with Gasteiger partial charge in [0.05, 0.1) is 11.3 Å². The minimum absolute atomic E-state index is 0.0442. The van der Waals surface area contributed by atoms with E-state index in [-0.39, 0.29) is 5.75 Å². The quantitative estimate of drug-likeness (QED) is 0.867. The number of aryl methyl sites for hydroxylation is 1. The molecule has 0 saturated heterocycles. The highest BCUT2D eigenvalue weighted by Gasteiger charge is 2.09. The summed E-state index contributed by atoms with van der Waals surface area (Å²) in [5.41, 5.74) is 1.77. The fraction of sp³-hybridized carbons (Fsp3) is 0.167. The molecule has 0 aliphatic carbocycles. The Bertz CT molecular complexity index is 586. The molecule has 5 heteroatoms. The van der Waals surface area contributed by atoms with Gasteiger partial charge in [-0.1, -0.05) is 17.7 Å². The number of pyridine rings is 1. The van der Waals surface area contributed by atoms with Gasteiger partial charge >= 0.3 is 5.97 Å². The van der Waals surface area contributed by atoms with Crippen LogP contribution in [-0.4, -0.2) is 21.8 Å². The van der Waals surface area contributed by atoms with Crippen molar-refractivity contribution in [3.63, 3.8) is 0 Å². The number of hydrogen-bond acceptors (Lipinski definition) is 3. The number of aliphatic carboxylic acids is 1. The van der Waals surface area contributed by atoms with Crippen LogP contribution in [0.25, 0.3) is 10.9 Å². The summed E-state index contributed by atoms with van der Waals surface area (Å²) in [5, 5.41) is 10.3.